The molecule has 17 heavy (non-hydrogen) atoms. The molecular weight excluding hydrogens is 261 g/mol. The molecule has 0 bridgehead atoms. The summed E-state index contributed by atoms with van der Waals surface area (Å²) in [6, 6.07) is 2.11. The Hall–Kier alpha value is 0.350. The van der Waals surface area contributed by atoms with Crippen molar-refractivity contribution in [2.75, 3.05) is 13.1 Å². The molecule has 0 aliphatic rings. The number of nitrogens with one attached hydrogen (secondary N) is 2. The van der Waals surface area contributed by atoms with Crippen molar-refractivity contribution >= 4 is 29.2 Å². The van der Waals surface area contributed by atoms with Crippen molar-refractivity contribution in [2.45, 2.75) is 27.7 Å². The summed E-state index contributed by atoms with van der Waals surface area (Å²) in [6.45, 7) is 10.1. The molecule has 0 aliphatic carbocycles. The number of H-pyrrole nitrogens is 1. The number of hydrazine groups is 1. The van der Waals surface area contributed by atoms with E-state index in [0.29, 0.717) is 4.32 Å². The minimum absolute atomic E-state index is 0. The number of thiocarbonyl (C=S) groups is 1. The molecule has 0 atom stereocenters. The molecule has 92 valence electrons. The molecule has 0 saturated heterocycles. The molecule has 0 saturated carbocycles. The van der Waals surface area contributed by atoms with Crippen LogP contribution in [0.25, 0.3) is 0 Å². The van der Waals surface area contributed by atoms with E-state index in [1.54, 1.807) is 0 Å². The molecule has 0 aromatic carbocycles. The van der Waals surface area contributed by atoms with Crippen molar-refractivity contribution < 1.29 is 29.6 Å². The summed E-state index contributed by atoms with van der Waals surface area (Å²) in [7, 11) is 0. The molecule has 0 spiro atoms. The van der Waals surface area contributed by atoms with Crippen LogP contribution in [0.2, 0.25) is 0 Å². The van der Waals surface area contributed by atoms with Gasteiger partial charge in [0.25, 0.3) is 0 Å². The number of rotatable bonds is 3. The molecule has 0 fully saturated rings. The third-order valence-corrected chi connectivity index (χ3v) is 2.17. The molecule has 2 N–H and O–H groups in total. The Balaban J connectivity index is 0. The summed E-state index contributed by atoms with van der Waals surface area (Å²) in [5, 5.41) is 1.95. The van der Waals surface area contributed by atoms with Gasteiger partial charge in [-0.3, -0.25) is 0 Å². The molecule has 0 unspecified atom stereocenters. The van der Waals surface area contributed by atoms with E-state index < -0.39 is 0 Å². The predicted octanol–water partition coefficient (Wildman–Crippen LogP) is -0.700. The Morgan fingerprint density at radius 2 is 1.94 bits per heavy atom. The molecule has 1 aromatic heterocycles. The number of aromatic amines is 1. The van der Waals surface area contributed by atoms with Gasteiger partial charge in [-0.1, -0.05) is 13.8 Å². The first-order chi connectivity index (χ1) is 7.49. The van der Waals surface area contributed by atoms with Crippen LogP contribution in [0, 0.1) is 13.8 Å². The monoisotopic (exact) mass is 281 g/mol. The molecule has 3 nitrogen and oxygen atoms in total. The van der Waals surface area contributed by atoms with Crippen LogP contribution in [-0.2, 0) is 12.6 Å². The quantitative estimate of drug-likeness (QED) is 0.332. The van der Waals surface area contributed by atoms with Gasteiger partial charge in [-0.15, -0.1) is 0 Å². The van der Waals surface area contributed by atoms with Crippen LogP contribution in [0.3, 0.4) is 0 Å². The van der Waals surface area contributed by atoms with Crippen molar-refractivity contribution in [2.24, 2.45) is 0 Å². The summed E-state index contributed by atoms with van der Waals surface area (Å²) < 4.78 is 0.415. The largest absolute Gasteiger partial charge is 1.00 e. The van der Waals surface area contributed by atoms with Crippen LogP contribution < -0.4 is 35.0 Å². The van der Waals surface area contributed by atoms with E-state index in [1.807, 2.05) is 32.0 Å². The van der Waals surface area contributed by atoms with Gasteiger partial charge in [0.2, 0.25) is 0 Å². The smallest absolute Gasteiger partial charge is 0.410 e. The molecule has 1 aromatic rings. The molecule has 1 rings (SSSR count). The van der Waals surface area contributed by atoms with Crippen LogP contribution >= 0.6 is 12.2 Å². The first-order valence-electron chi connectivity index (χ1n) is 5.33. The maximum atomic E-state index is 4.67. The van der Waals surface area contributed by atoms with E-state index in [4.69, 9.17) is 0 Å². The Kier molecular flexibility index (Phi) is 13.2. The van der Waals surface area contributed by atoms with Crippen LogP contribution in [0.1, 0.15) is 25.1 Å². The van der Waals surface area contributed by atoms with Gasteiger partial charge in [-0.2, -0.15) is 0 Å². The summed E-state index contributed by atoms with van der Waals surface area (Å²) in [5.74, 6) is 0. The Labute approximate surface area is 137 Å². The van der Waals surface area contributed by atoms with Crippen molar-refractivity contribution in [3.05, 3.63) is 23.5 Å². The average molecular weight is 281 g/mol. The predicted molar refractivity (Wildman–Crippen MR) is 76.3 cm³/mol. The molecule has 0 radical (unpaired) electrons. The minimum atomic E-state index is 0. The minimum Gasteiger partial charge on any atom is -0.410 e. The second-order valence-corrected chi connectivity index (χ2v) is 4.51. The Morgan fingerprint density at radius 3 is 2.06 bits per heavy atom. The van der Waals surface area contributed by atoms with Crippen molar-refractivity contribution in [3.63, 3.8) is 0 Å². The summed E-state index contributed by atoms with van der Waals surface area (Å²) in [6.07, 6.45) is 2.00. The molecule has 6 heteroatoms. The van der Waals surface area contributed by atoms with Gasteiger partial charge in [0, 0.05) is 25.0 Å². The first kappa shape index (κ1) is 19.7. The van der Waals surface area contributed by atoms with Gasteiger partial charge in [-0.05, 0) is 29.8 Å². The van der Waals surface area contributed by atoms with Crippen molar-refractivity contribution in [1.82, 2.24) is 15.4 Å². The topological polar surface area (TPSA) is 31.1 Å². The van der Waals surface area contributed by atoms with E-state index >= 15 is 0 Å². The molecule has 0 amide bonds. The maximum absolute atomic E-state index is 4.67. The molecule has 1 heterocycles. The Morgan fingerprint density at radius 1 is 1.41 bits per heavy atom. The number of aromatic nitrogens is 1. The van der Waals surface area contributed by atoms with Crippen LogP contribution in [0.4, 0.5) is 0 Å². The summed E-state index contributed by atoms with van der Waals surface area (Å²) >= 11 is 9.33. The number of nitrogens with zero attached hydrogens (tertiary/aromatic N) is 1. The molecular formula is C11H20N3NaS2. The van der Waals surface area contributed by atoms with Crippen LogP contribution in [0.15, 0.2) is 12.3 Å². The fourth-order valence-corrected chi connectivity index (χ4v) is 1.42. The fraction of sp³-hybridized carbons (Fsp3) is 0.545. The zero-order chi connectivity index (χ0) is 12.6. The normalized spacial score (nSPS) is 9.00. The summed E-state index contributed by atoms with van der Waals surface area (Å²) in [5.41, 5.74) is 5.40. The molecule has 0 aliphatic heterocycles. The van der Waals surface area contributed by atoms with Gasteiger partial charge < -0.3 is 35.3 Å². The van der Waals surface area contributed by atoms with E-state index in [9.17, 15) is 0 Å². The zero-order valence-corrected chi connectivity index (χ0v) is 15.0. The SMILES string of the molecule is CCN(CC)NC(=S)[S-].Cc1c[nH]c(C)c1.[Na+]. The Bertz CT molecular complexity index is 295. The van der Waals surface area contributed by atoms with E-state index in [-0.39, 0.29) is 29.6 Å². The first-order valence-corrected chi connectivity index (χ1v) is 6.15. The van der Waals surface area contributed by atoms with E-state index in [0.717, 1.165) is 13.1 Å². The van der Waals surface area contributed by atoms with Crippen molar-refractivity contribution in [3.8, 4) is 0 Å². The standard InChI is InChI=1S/C6H9N.C5H12N2S2.Na/c1-5-3-6(2)7-4-5;1-3-7(4-2)6-5(8)9;/h3-4,7H,1-2H3;3-4H2,1-2H3,(H2,6,8,9);/q;;+1/p-1. The zero-order valence-electron chi connectivity index (χ0n) is 11.3. The van der Waals surface area contributed by atoms with Gasteiger partial charge in [0.1, 0.15) is 0 Å². The number of aryl methyl sites for hydroxylation is 2. The van der Waals surface area contributed by atoms with Crippen molar-refractivity contribution in [1.29, 1.82) is 0 Å². The third-order valence-electron chi connectivity index (χ3n) is 1.98. The van der Waals surface area contributed by atoms with Crippen LogP contribution in [-0.4, -0.2) is 27.4 Å². The third kappa shape index (κ3) is 11.2. The van der Waals surface area contributed by atoms with Crippen LogP contribution in [0.5, 0.6) is 0 Å². The van der Waals surface area contributed by atoms with Gasteiger partial charge in [0.05, 0.1) is 0 Å². The fourth-order valence-electron chi connectivity index (χ4n) is 1.16. The van der Waals surface area contributed by atoms with Gasteiger partial charge >= 0.3 is 29.6 Å². The maximum Gasteiger partial charge on any atom is 1.00 e. The van der Waals surface area contributed by atoms with E-state index in [2.05, 4.69) is 48.2 Å². The van der Waals surface area contributed by atoms with E-state index in [1.165, 1.54) is 11.3 Å². The second kappa shape index (κ2) is 11.4. The van der Waals surface area contributed by atoms with Gasteiger partial charge in [-0.25, -0.2) is 5.01 Å². The summed E-state index contributed by atoms with van der Waals surface area (Å²) in [4.78, 5) is 3.07. The van der Waals surface area contributed by atoms with Gasteiger partial charge in [0.15, 0.2) is 0 Å². The number of hydrogen-bond donors (Lipinski definition) is 2. The second-order valence-electron chi connectivity index (χ2n) is 3.43. The number of hydrogen-bond acceptors (Lipinski definition) is 3. The average Bonchev–Trinajstić information content (AvgIpc) is 2.59.